The molecule has 1 saturated heterocycles. The van der Waals surface area contributed by atoms with E-state index in [0.29, 0.717) is 56.2 Å². The molecule has 1 fully saturated rings. The van der Waals surface area contributed by atoms with Crippen LogP contribution in [0.25, 0.3) is 21.9 Å². The molecule has 0 spiro atoms. The van der Waals surface area contributed by atoms with Gasteiger partial charge in [-0.2, -0.15) is 0 Å². The molecule has 1 aliphatic heterocycles. The molecule has 3 aromatic rings. The summed E-state index contributed by atoms with van der Waals surface area (Å²) in [4.78, 5) is 21.8. The van der Waals surface area contributed by atoms with E-state index in [-0.39, 0.29) is 6.10 Å². The lowest BCUT2D eigenvalue weighted by molar-refractivity contribution is 0.0895. The van der Waals surface area contributed by atoms with Crippen LogP contribution in [0.5, 0.6) is 5.75 Å². The van der Waals surface area contributed by atoms with E-state index < -0.39 is 6.09 Å². The highest BCUT2D eigenvalue weighted by atomic mass is 16.5. The molecule has 2 aromatic heterocycles. The van der Waals surface area contributed by atoms with Gasteiger partial charge in [-0.05, 0) is 25.5 Å². The van der Waals surface area contributed by atoms with Gasteiger partial charge in [0.05, 0.1) is 11.0 Å². The molecule has 166 valence electrons. The maximum atomic E-state index is 11.1. The summed E-state index contributed by atoms with van der Waals surface area (Å²) in [5, 5.41) is 10.1. The zero-order chi connectivity index (χ0) is 22.0. The third-order valence-corrected chi connectivity index (χ3v) is 5.65. The number of ether oxygens (including phenoxy) is 2. The summed E-state index contributed by atoms with van der Waals surface area (Å²) in [6.45, 7) is 6.93. The Labute approximate surface area is 180 Å². The van der Waals surface area contributed by atoms with Crippen molar-refractivity contribution >= 4 is 33.8 Å². The summed E-state index contributed by atoms with van der Waals surface area (Å²) in [5.74, 6) is 1.95. The fraction of sp³-hybridized carbons (Fsp3) is 0.500. The topological polar surface area (TPSA) is 116 Å². The Morgan fingerprint density at radius 1 is 1.26 bits per heavy atom. The molecule has 0 atom stereocenters. The lowest BCUT2D eigenvalue weighted by atomic mass is 10.1. The maximum absolute atomic E-state index is 11.1. The molecule has 4 rings (SSSR count). The minimum atomic E-state index is -0.875. The third-order valence-electron chi connectivity index (χ3n) is 5.65. The largest absolute Gasteiger partial charge is 0.490 e. The van der Waals surface area contributed by atoms with E-state index in [1.165, 1.54) is 4.90 Å². The summed E-state index contributed by atoms with van der Waals surface area (Å²) >= 11 is 0. The molecule has 1 aromatic carbocycles. The average Bonchev–Trinajstić information content (AvgIpc) is 3.12. The second kappa shape index (κ2) is 8.97. The normalized spacial score (nSPS) is 15.1. The number of benzene rings is 1. The zero-order valence-corrected chi connectivity index (χ0v) is 18.0. The third kappa shape index (κ3) is 4.23. The van der Waals surface area contributed by atoms with Crippen LogP contribution in [0, 0.1) is 0 Å². The van der Waals surface area contributed by atoms with Gasteiger partial charge < -0.3 is 29.8 Å². The molecule has 0 aliphatic carbocycles. The molecule has 9 heteroatoms. The highest BCUT2D eigenvalue weighted by Gasteiger charge is 2.24. The van der Waals surface area contributed by atoms with Crippen molar-refractivity contribution in [3.8, 4) is 5.75 Å². The number of pyridine rings is 1. The van der Waals surface area contributed by atoms with Crippen LogP contribution in [-0.4, -0.2) is 56.4 Å². The van der Waals surface area contributed by atoms with Crippen molar-refractivity contribution in [3.63, 3.8) is 0 Å². The van der Waals surface area contributed by atoms with Crippen LogP contribution in [0.4, 0.5) is 10.6 Å². The number of amides is 1. The van der Waals surface area contributed by atoms with Crippen molar-refractivity contribution in [2.24, 2.45) is 0 Å². The second-order valence-corrected chi connectivity index (χ2v) is 7.78. The van der Waals surface area contributed by atoms with Gasteiger partial charge in [0, 0.05) is 50.5 Å². The quantitative estimate of drug-likeness (QED) is 0.591. The van der Waals surface area contributed by atoms with E-state index >= 15 is 0 Å². The van der Waals surface area contributed by atoms with Gasteiger partial charge >= 0.3 is 6.09 Å². The van der Waals surface area contributed by atoms with E-state index in [2.05, 4.69) is 16.5 Å². The molecule has 9 nitrogen and oxygen atoms in total. The minimum absolute atomic E-state index is 0.0162. The maximum Gasteiger partial charge on any atom is 0.407 e. The molecular formula is C22H29N5O4. The average molecular weight is 428 g/mol. The number of hydrogen-bond acceptors (Lipinski definition) is 6. The van der Waals surface area contributed by atoms with Gasteiger partial charge in [0.25, 0.3) is 0 Å². The molecule has 31 heavy (non-hydrogen) atoms. The molecule has 0 saturated carbocycles. The zero-order valence-electron chi connectivity index (χ0n) is 18.0. The summed E-state index contributed by atoms with van der Waals surface area (Å²) in [6, 6.07) is 5.85. The van der Waals surface area contributed by atoms with Crippen molar-refractivity contribution < 1.29 is 19.4 Å². The number of rotatable bonds is 7. The monoisotopic (exact) mass is 427 g/mol. The van der Waals surface area contributed by atoms with Crippen LogP contribution in [0.1, 0.15) is 38.9 Å². The fourth-order valence-corrected chi connectivity index (χ4v) is 4.14. The van der Waals surface area contributed by atoms with Crippen LogP contribution >= 0.6 is 0 Å². The smallest absolute Gasteiger partial charge is 0.407 e. The highest BCUT2D eigenvalue weighted by Crippen LogP contribution is 2.32. The van der Waals surface area contributed by atoms with E-state index in [1.54, 1.807) is 0 Å². The lowest BCUT2D eigenvalue weighted by Gasteiger charge is -2.30. The van der Waals surface area contributed by atoms with E-state index in [4.69, 9.17) is 25.3 Å². The Bertz CT molecular complexity index is 1090. The van der Waals surface area contributed by atoms with Gasteiger partial charge in [-0.25, -0.2) is 14.8 Å². The van der Waals surface area contributed by atoms with Crippen molar-refractivity contribution in [2.75, 3.05) is 25.4 Å². The van der Waals surface area contributed by atoms with Crippen LogP contribution in [0.15, 0.2) is 18.2 Å². The van der Waals surface area contributed by atoms with Crippen molar-refractivity contribution in [2.45, 2.75) is 52.4 Å². The first-order valence-corrected chi connectivity index (χ1v) is 10.8. The van der Waals surface area contributed by atoms with Gasteiger partial charge in [0.1, 0.15) is 29.8 Å². The van der Waals surface area contributed by atoms with Crippen LogP contribution < -0.4 is 10.5 Å². The number of likely N-dealkylation sites (tertiary alicyclic amines) is 1. The molecule has 0 radical (unpaired) electrons. The number of aryl methyl sites for hydroxylation is 1. The van der Waals surface area contributed by atoms with Crippen LogP contribution in [-0.2, 0) is 17.9 Å². The van der Waals surface area contributed by atoms with E-state index in [9.17, 15) is 4.79 Å². The fourth-order valence-electron chi connectivity index (χ4n) is 4.14. The van der Waals surface area contributed by atoms with Crippen LogP contribution in [0.3, 0.4) is 0 Å². The lowest BCUT2D eigenvalue weighted by Crippen LogP contribution is -2.41. The van der Waals surface area contributed by atoms with Gasteiger partial charge in [0.15, 0.2) is 5.82 Å². The van der Waals surface area contributed by atoms with Gasteiger partial charge in [-0.3, -0.25) is 0 Å². The second-order valence-electron chi connectivity index (χ2n) is 7.78. The summed E-state index contributed by atoms with van der Waals surface area (Å²) < 4.78 is 13.9. The first-order valence-electron chi connectivity index (χ1n) is 10.8. The molecular weight excluding hydrogens is 398 g/mol. The Morgan fingerprint density at radius 2 is 2.03 bits per heavy atom. The Morgan fingerprint density at radius 3 is 2.71 bits per heavy atom. The number of piperidine rings is 1. The van der Waals surface area contributed by atoms with Gasteiger partial charge in [-0.1, -0.05) is 6.92 Å². The molecule has 1 aliphatic rings. The number of aromatic nitrogens is 3. The molecule has 3 heterocycles. The molecule has 3 N–H and O–H groups in total. The number of anilines is 1. The van der Waals surface area contributed by atoms with Gasteiger partial charge in [-0.15, -0.1) is 0 Å². The predicted octanol–water partition coefficient (Wildman–Crippen LogP) is 3.63. The summed E-state index contributed by atoms with van der Waals surface area (Å²) in [5.41, 5.74) is 8.70. The highest BCUT2D eigenvalue weighted by molar-refractivity contribution is 6.06. The summed E-state index contributed by atoms with van der Waals surface area (Å²) in [7, 11) is 0. The van der Waals surface area contributed by atoms with Gasteiger partial charge in [0.2, 0.25) is 0 Å². The predicted molar refractivity (Wildman–Crippen MR) is 118 cm³/mol. The molecule has 0 bridgehead atoms. The summed E-state index contributed by atoms with van der Waals surface area (Å²) in [6.07, 6.45) is 1.41. The minimum Gasteiger partial charge on any atom is -0.490 e. The van der Waals surface area contributed by atoms with E-state index in [1.807, 2.05) is 25.1 Å². The Balaban J connectivity index is 1.66. The molecule has 1 amide bonds. The van der Waals surface area contributed by atoms with E-state index in [0.717, 1.165) is 35.2 Å². The number of nitrogens with zero attached hydrogens (tertiary/aromatic N) is 4. The van der Waals surface area contributed by atoms with Crippen molar-refractivity contribution in [1.82, 2.24) is 19.4 Å². The molecule has 0 unspecified atom stereocenters. The number of hydrogen-bond donors (Lipinski definition) is 2. The number of fused-ring (bicyclic) bond motifs is 3. The van der Waals surface area contributed by atoms with Crippen LogP contribution in [0.2, 0.25) is 0 Å². The number of carboxylic acid groups (broad SMARTS) is 1. The van der Waals surface area contributed by atoms with Crippen molar-refractivity contribution in [3.05, 3.63) is 24.0 Å². The standard InChI is InChI=1S/C22H29N5O4/c1-3-9-27-18(13-30-4-2)25-19-20(27)16-6-5-15(12-17(16)24-21(19)23)31-14-7-10-26(11-8-14)22(28)29/h5-6,12,14H,3-4,7-11,13H2,1-2H3,(H2,23,24)(H,28,29). The number of imidazole rings is 1. The Kier molecular flexibility index (Phi) is 6.13. The first-order chi connectivity index (χ1) is 15.0. The first kappa shape index (κ1) is 21.2. The number of nitrogens with two attached hydrogens (primary N) is 1. The number of carbonyl (C=O) groups is 1. The van der Waals surface area contributed by atoms with Crippen molar-refractivity contribution in [1.29, 1.82) is 0 Å². The number of nitrogen functional groups attached to an aromatic ring is 1. The Hall–Kier alpha value is -3.07. The SMILES string of the molecule is CCCn1c(COCC)nc2c(N)nc3cc(OC4CCN(C(=O)O)CC4)ccc3c21.